The van der Waals surface area contributed by atoms with Gasteiger partial charge in [-0.25, -0.2) is 0 Å². The van der Waals surface area contributed by atoms with Crippen molar-refractivity contribution in [3.63, 3.8) is 0 Å². The van der Waals surface area contributed by atoms with Crippen molar-refractivity contribution in [1.82, 2.24) is 10.2 Å². The highest BCUT2D eigenvalue weighted by Crippen LogP contribution is 2.37. The Morgan fingerprint density at radius 1 is 0.735 bits per heavy atom. The summed E-state index contributed by atoms with van der Waals surface area (Å²) in [5, 5.41) is 7.57. The minimum Gasteiger partial charge on any atom is -0.534 e. The number of hydrogen-bond acceptors (Lipinski definition) is 4. The first-order valence-electron chi connectivity index (χ1n) is 17.4. The monoisotopic (exact) mass is 669 g/mol. The number of rotatable bonds is 12. The minimum absolute atomic E-state index is 0.0573. The lowest BCUT2D eigenvalue weighted by molar-refractivity contribution is -0.150. The van der Waals surface area contributed by atoms with Crippen molar-refractivity contribution < 1.29 is 14.0 Å². The third-order valence-corrected chi connectivity index (χ3v) is 14.7. The second kappa shape index (κ2) is 14.8. The van der Waals surface area contributed by atoms with Crippen molar-refractivity contribution in [3.05, 3.63) is 139 Å². The third-order valence-electron chi connectivity index (χ3n) is 9.73. The van der Waals surface area contributed by atoms with E-state index in [0.717, 1.165) is 40.5 Å². The SMILES string of the molecule is CC(C)(C)[Si](Oc1ccc(CN2C(=O)C(Cc3ccc4ccccc4c3)NC(=O)C2CCCCN)cc1)(c1ccccc1)c1ccccc1. The van der Waals surface area contributed by atoms with Crippen LogP contribution in [0.5, 0.6) is 5.75 Å². The van der Waals surface area contributed by atoms with E-state index in [4.69, 9.17) is 10.2 Å². The van der Waals surface area contributed by atoms with Crippen LogP contribution in [0.4, 0.5) is 0 Å². The summed E-state index contributed by atoms with van der Waals surface area (Å²) in [7, 11) is -2.79. The summed E-state index contributed by atoms with van der Waals surface area (Å²) in [6.45, 7) is 7.69. The molecule has 0 aliphatic carbocycles. The zero-order valence-electron chi connectivity index (χ0n) is 28.8. The number of carbonyl (C=O) groups excluding carboxylic acids is 2. The fraction of sp³-hybridized carbons (Fsp3) is 0.286. The molecule has 1 fully saturated rings. The summed E-state index contributed by atoms with van der Waals surface area (Å²) in [4.78, 5) is 29.5. The standard InChI is InChI=1S/C42H47N3O3Si/c1-42(2,3)49(36-16-6-4-7-17-36,37-18-8-5-9-19-37)48-35-25-22-31(23-26-35)30-45-39(20-12-13-27-43)40(46)44-38(41(45)47)29-32-21-24-33-14-10-11-15-34(33)28-32/h4-11,14-19,21-26,28,38-39H,12-13,20,27,29-30,43H2,1-3H3,(H,44,46). The largest absolute Gasteiger partial charge is 0.534 e. The molecular weight excluding hydrogens is 623 g/mol. The zero-order chi connectivity index (χ0) is 34.4. The van der Waals surface area contributed by atoms with Gasteiger partial charge in [0, 0.05) is 13.0 Å². The Balaban J connectivity index is 1.27. The molecule has 0 aromatic heterocycles. The maximum Gasteiger partial charge on any atom is 0.319 e. The summed E-state index contributed by atoms with van der Waals surface area (Å²) < 4.78 is 7.20. The fourth-order valence-corrected chi connectivity index (χ4v) is 11.6. The van der Waals surface area contributed by atoms with Gasteiger partial charge in [-0.15, -0.1) is 0 Å². The molecule has 0 spiro atoms. The summed E-state index contributed by atoms with van der Waals surface area (Å²) in [6.07, 6.45) is 2.60. The maximum absolute atomic E-state index is 14.1. The average Bonchev–Trinajstić information content (AvgIpc) is 3.11. The predicted molar refractivity (Wildman–Crippen MR) is 202 cm³/mol. The van der Waals surface area contributed by atoms with E-state index in [1.807, 2.05) is 54.6 Å². The van der Waals surface area contributed by atoms with E-state index in [-0.39, 0.29) is 16.9 Å². The molecule has 2 unspecified atom stereocenters. The summed E-state index contributed by atoms with van der Waals surface area (Å²) >= 11 is 0. The van der Waals surface area contributed by atoms with E-state index in [9.17, 15) is 9.59 Å². The molecule has 5 aromatic carbocycles. The number of unbranched alkanes of at least 4 members (excludes halogenated alkanes) is 1. The predicted octanol–water partition coefficient (Wildman–Crippen LogP) is 6.35. The zero-order valence-corrected chi connectivity index (χ0v) is 29.8. The Kier molecular flexibility index (Phi) is 10.3. The van der Waals surface area contributed by atoms with Crippen LogP contribution in [0.25, 0.3) is 10.8 Å². The molecule has 2 atom stereocenters. The molecule has 0 bridgehead atoms. The van der Waals surface area contributed by atoms with Crippen molar-refractivity contribution in [1.29, 1.82) is 0 Å². The molecule has 1 aliphatic rings. The summed E-state index contributed by atoms with van der Waals surface area (Å²) in [5.74, 6) is 0.627. The molecule has 49 heavy (non-hydrogen) atoms. The van der Waals surface area contributed by atoms with Crippen LogP contribution in [-0.2, 0) is 22.6 Å². The van der Waals surface area contributed by atoms with Crippen LogP contribution in [-0.4, -0.2) is 43.7 Å². The van der Waals surface area contributed by atoms with Gasteiger partial charge in [-0.3, -0.25) is 9.59 Å². The summed E-state index contributed by atoms with van der Waals surface area (Å²) in [5.41, 5.74) is 7.75. The van der Waals surface area contributed by atoms with E-state index in [0.29, 0.717) is 25.9 Å². The molecule has 7 heteroatoms. The van der Waals surface area contributed by atoms with Gasteiger partial charge in [0.15, 0.2) is 0 Å². The molecule has 6 nitrogen and oxygen atoms in total. The molecule has 0 saturated carbocycles. The van der Waals surface area contributed by atoms with Crippen molar-refractivity contribution >= 4 is 41.3 Å². The highest BCUT2D eigenvalue weighted by Gasteiger charge is 2.52. The second-order valence-corrected chi connectivity index (χ2v) is 18.3. The lowest BCUT2D eigenvalue weighted by Crippen LogP contribution is -2.68. The van der Waals surface area contributed by atoms with Crippen molar-refractivity contribution in [2.24, 2.45) is 5.73 Å². The Bertz CT molecular complexity index is 1830. The maximum atomic E-state index is 14.1. The Morgan fingerprint density at radius 2 is 1.33 bits per heavy atom. The van der Waals surface area contributed by atoms with E-state index >= 15 is 0 Å². The highest BCUT2D eigenvalue weighted by atomic mass is 28.4. The first-order valence-corrected chi connectivity index (χ1v) is 19.3. The van der Waals surface area contributed by atoms with Gasteiger partial charge in [0.25, 0.3) is 0 Å². The van der Waals surface area contributed by atoms with E-state index in [2.05, 4.69) is 98.9 Å². The van der Waals surface area contributed by atoms with Crippen LogP contribution in [0.2, 0.25) is 5.04 Å². The Labute approximate surface area is 291 Å². The summed E-state index contributed by atoms with van der Waals surface area (Å²) in [6, 6.07) is 42.5. The minimum atomic E-state index is -2.79. The number of amides is 2. The lowest BCUT2D eigenvalue weighted by Gasteiger charge is -2.43. The number of nitrogens with one attached hydrogen (secondary N) is 1. The average molecular weight is 670 g/mol. The quantitative estimate of drug-likeness (QED) is 0.120. The van der Waals surface area contributed by atoms with Gasteiger partial charge < -0.3 is 20.4 Å². The van der Waals surface area contributed by atoms with Crippen LogP contribution in [0.3, 0.4) is 0 Å². The molecule has 5 aromatic rings. The van der Waals surface area contributed by atoms with Crippen LogP contribution in [0, 0.1) is 0 Å². The van der Waals surface area contributed by atoms with E-state index in [1.165, 1.54) is 10.4 Å². The number of nitrogens with two attached hydrogens (primary N) is 1. The molecule has 3 N–H and O–H groups in total. The van der Waals surface area contributed by atoms with Crippen molar-refractivity contribution in [3.8, 4) is 5.75 Å². The van der Waals surface area contributed by atoms with Gasteiger partial charge in [0.1, 0.15) is 17.8 Å². The molecule has 0 radical (unpaired) electrons. The molecule has 6 rings (SSSR count). The van der Waals surface area contributed by atoms with E-state index in [1.54, 1.807) is 4.90 Å². The fourth-order valence-electron chi connectivity index (χ4n) is 7.21. The number of hydrogen-bond donors (Lipinski definition) is 2. The Morgan fingerprint density at radius 3 is 1.94 bits per heavy atom. The topological polar surface area (TPSA) is 84.7 Å². The van der Waals surface area contributed by atoms with Crippen LogP contribution in [0.1, 0.15) is 51.2 Å². The van der Waals surface area contributed by atoms with Gasteiger partial charge in [-0.2, -0.15) is 0 Å². The highest BCUT2D eigenvalue weighted by molar-refractivity contribution is 7.00. The molecule has 1 aliphatic heterocycles. The molecule has 2 amide bonds. The number of fused-ring (bicyclic) bond motifs is 1. The van der Waals surface area contributed by atoms with Crippen molar-refractivity contribution in [2.45, 2.75) is 70.1 Å². The van der Waals surface area contributed by atoms with Crippen molar-refractivity contribution in [2.75, 3.05) is 6.54 Å². The van der Waals surface area contributed by atoms with Gasteiger partial charge in [0.2, 0.25) is 11.8 Å². The van der Waals surface area contributed by atoms with Gasteiger partial charge in [-0.1, -0.05) is 136 Å². The van der Waals surface area contributed by atoms with Gasteiger partial charge >= 0.3 is 8.32 Å². The molecule has 1 heterocycles. The smallest absolute Gasteiger partial charge is 0.319 e. The third kappa shape index (κ3) is 7.33. The number of piperazine rings is 1. The number of carbonyl (C=O) groups is 2. The molecule has 252 valence electrons. The Hall–Kier alpha value is -4.72. The van der Waals surface area contributed by atoms with Crippen LogP contribution < -0.4 is 25.8 Å². The van der Waals surface area contributed by atoms with Crippen LogP contribution >= 0.6 is 0 Å². The van der Waals surface area contributed by atoms with E-state index < -0.39 is 20.4 Å². The second-order valence-electron chi connectivity index (χ2n) is 14.1. The first-order chi connectivity index (χ1) is 23.7. The molecular formula is C42H47N3O3Si. The number of benzene rings is 5. The normalized spacial score (nSPS) is 16.9. The first kappa shape index (κ1) is 34.2. The lowest BCUT2D eigenvalue weighted by atomic mass is 9.96. The number of nitrogens with zero attached hydrogens (tertiary/aromatic N) is 1. The van der Waals surface area contributed by atoms with Gasteiger partial charge in [0.05, 0.1) is 0 Å². The van der Waals surface area contributed by atoms with Gasteiger partial charge in [-0.05, 0) is 75.3 Å². The molecule has 1 saturated heterocycles. The van der Waals surface area contributed by atoms with Crippen LogP contribution in [0.15, 0.2) is 127 Å².